The topological polar surface area (TPSA) is 67.4 Å². The van der Waals surface area contributed by atoms with Crippen LogP contribution in [0.3, 0.4) is 0 Å². The summed E-state index contributed by atoms with van der Waals surface area (Å²) in [5.41, 5.74) is 1.08. The normalized spacial score (nSPS) is 18.3. The molecule has 0 aliphatic heterocycles. The van der Waals surface area contributed by atoms with E-state index in [4.69, 9.17) is 4.74 Å². The Hall–Kier alpha value is -2.89. The average molecular weight is 342 g/mol. The van der Waals surface area contributed by atoms with Crippen molar-refractivity contribution < 1.29 is 18.7 Å². The molecule has 2 aromatic rings. The summed E-state index contributed by atoms with van der Waals surface area (Å²) in [7, 11) is 1.59. The summed E-state index contributed by atoms with van der Waals surface area (Å²) in [6.45, 7) is 0.390. The molecule has 2 amide bonds. The van der Waals surface area contributed by atoms with Gasteiger partial charge in [0.25, 0.3) is 0 Å². The average Bonchev–Trinajstić information content (AvgIpc) is 3.43. The van der Waals surface area contributed by atoms with E-state index in [0.29, 0.717) is 13.0 Å². The Balaban J connectivity index is 1.48. The molecular formula is C19H19FN2O3. The van der Waals surface area contributed by atoms with E-state index < -0.39 is 11.7 Å². The van der Waals surface area contributed by atoms with E-state index in [2.05, 4.69) is 10.6 Å². The number of anilines is 1. The molecule has 5 nitrogen and oxygen atoms in total. The Bertz CT molecular complexity index is 776. The summed E-state index contributed by atoms with van der Waals surface area (Å²) in [6.07, 6.45) is 0.481. The van der Waals surface area contributed by atoms with Gasteiger partial charge in [-0.1, -0.05) is 24.3 Å². The van der Waals surface area contributed by atoms with E-state index in [-0.39, 0.29) is 23.4 Å². The van der Waals surface area contributed by atoms with E-state index in [9.17, 15) is 14.0 Å². The molecule has 0 spiro atoms. The number of carbonyl (C=O) groups excluding carboxylic acids is 2. The Kier molecular flexibility index (Phi) is 4.97. The molecule has 1 fully saturated rings. The first kappa shape index (κ1) is 17.0. The molecule has 1 aliphatic carbocycles. The number of carbonyl (C=O) groups is 2. The highest BCUT2D eigenvalue weighted by Gasteiger charge is 2.48. The lowest BCUT2D eigenvalue weighted by Gasteiger charge is -2.07. The lowest BCUT2D eigenvalue weighted by Crippen LogP contribution is -2.27. The van der Waals surface area contributed by atoms with Crippen LogP contribution in [0.4, 0.5) is 10.1 Å². The predicted molar refractivity (Wildman–Crippen MR) is 91.5 cm³/mol. The van der Waals surface area contributed by atoms with Crippen molar-refractivity contribution in [1.29, 1.82) is 0 Å². The first-order chi connectivity index (χ1) is 12.1. The van der Waals surface area contributed by atoms with Crippen molar-refractivity contribution in [3.63, 3.8) is 0 Å². The second kappa shape index (κ2) is 7.34. The van der Waals surface area contributed by atoms with Gasteiger partial charge in [-0.05, 0) is 36.2 Å². The third kappa shape index (κ3) is 4.15. The van der Waals surface area contributed by atoms with Crippen molar-refractivity contribution in [2.45, 2.75) is 13.0 Å². The number of halogens is 1. The Labute approximate surface area is 145 Å². The largest absolute Gasteiger partial charge is 0.497 e. The fourth-order valence-corrected chi connectivity index (χ4v) is 2.63. The Morgan fingerprint density at radius 2 is 1.76 bits per heavy atom. The number of para-hydroxylation sites is 1. The molecular weight excluding hydrogens is 323 g/mol. The van der Waals surface area contributed by atoms with Crippen LogP contribution in [0.1, 0.15) is 12.0 Å². The number of nitrogens with one attached hydrogen (secondary N) is 2. The van der Waals surface area contributed by atoms with Gasteiger partial charge >= 0.3 is 0 Å². The van der Waals surface area contributed by atoms with Crippen molar-refractivity contribution >= 4 is 17.5 Å². The van der Waals surface area contributed by atoms with Gasteiger partial charge in [-0.25, -0.2) is 4.39 Å². The molecule has 6 heteroatoms. The van der Waals surface area contributed by atoms with Crippen LogP contribution < -0.4 is 15.4 Å². The predicted octanol–water partition coefficient (Wildman–Crippen LogP) is 2.73. The van der Waals surface area contributed by atoms with E-state index in [0.717, 1.165) is 11.3 Å². The maximum atomic E-state index is 13.5. The van der Waals surface area contributed by atoms with Gasteiger partial charge in [0, 0.05) is 6.54 Å². The molecule has 0 bridgehead atoms. The number of amides is 2. The number of rotatable bonds is 6. The maximum absolute atomic E-state index is 13.5. The minimum absolute atomic E-state index is 0.136. The first-order valence-corrected chi connectivity index (χ1v) is 8.04. The van der Waals surface area contributed by atoms with Gasteiger partial charge in [-0.3, -0.25) is 9.59 Å². The second-order valence-electron chi connectivity index (χ2n) is 5.98. The zero-order valence-corrected chi connectivity index (χ0v) is 13.8. The summed E-state index contributed by atoms with van der Waals surface area (Å²) >= 11 is 0. The summed E-state index contributed by atoms with van der Waals surface area (Å²) in [5.74, 6) is -0.987. The molecule has 25 heavy (non-hydrogen) atoms. The molecule has 0 heterocycles. The van der Waals surface area contributed by atoms with Crippen LogP contribution >= 0.6 is 0 Å². The minimum Gasteiger partial charge on any atom is -0.497 e. The molecule has 0 radical (unpaired) electrons. The van der Waals surface area contributed by atoms with E-state index in [1.807, 2.05) is 24.3 Å². The van der Waals surface area contributed by atoms with E-state index in [1.165, 1.54) is 12.1 Å². The molecule has 1 saturated carbocycles. The quantitative estimate of drug-likeness (QED) is 0.848. The van der Waals surface area contributed by atoms with Crippen LogP contribution in [-0.4, -0.2) is 18.9 Å². The van der Waals surface area contributed by atoms with Crippen LogP contribution in [0.5, 0.6) is 5.75 Å². The van der Waals surface area contributed by atoms with Gasteiger partial charge < -0.3 is 15.4 Å². The Morgan fingerprint density at radius 1 is 1.08 bits per heavy atom. The third-order valence-electron chi connectivity index (χ3n) is 4.22. The number of ether oxygens (including phenoxy) is 1. The fraction of sp³-hybridized carbons (Fsp3) is 0.263. The third-order valence-corrected chi connectivity index (χ3v) is 4.22. The van der Waals surface area contributed by atoms with Gasteiger partial charge in [0.2, 0.25) is 11.8 Å². The first-order valence-electron chi connectivity index (χ1n) is 8.04. The lowest BCUT2D eigenvalue weighted by molar-refractivity contribution is -0.125. The van der Waals surface area contributed by atoms with Crippen molar-refractivity contribution in [3.8, 4) is 5.75 Å². The highest BCUT2D eigenvalue weighted by molar-refractivity contribution is 5.99. The maximum Gasteiger partial charge on any atom is 0.228 e. The Morgan fingerprint density at radius 3 is 2.44 bits per heavy atom. The molecule has 2 aromatic carbocycles. The molecule has 3 rings (SSSR count). The number of benzene rings is 2. The van der Waals surface area contributed by atoms with Crippen molar-refractivity contribution in [3.05, 3.63) is 59.9 Å². The smallest absolute Gasteiger partial charge is 0.228 e. The van der Waals surface area contributed by atoms with Gasteiger partial charge in [0.05, 0.1) is 24.6 Å². The standard InChI is InChI=1S/C19H19FN2O3/c1-25-13-8-6-12(7-9-13)11-21-18(23)14-10-15(14)19(24)22-17-5-3-2-4-16(17)20/h2-9,14-15H,10-11H2,1H3,(H,21,23)(H,22,24). The van der Waals surface area contributed by atoms with Crippen LogP contribution in [0.25, 0.3) is 0 Å². The highest BCUT2D eigenvalue weighted by atomic mass is 19.1. The monoisotopic (exact) mass is 342 g/mol. The van der Waals surface area contributed by atoms with Crippen LogP contribution in [-0.2, 0) is 16.1 Å². The number of methoxy groups -OCH3 is 1. The van der Waals surface area contributed by atoms with Gasteiger partial charge in [0.15, 0.2) is 0 Å². The van der Waals surface area contributed by atoms with E-state index >= 15 is 0 Å². The van der Waals surface area contributed by atoms with Crippen molar-refractivity contribution in [1.82, 2.24) is 5.32 Å². The number of hydrogen-bond donors (Lipinski definition) is 2. The molecule has 0 aromatic heterocycles. The van der Waals surface area contributed by atoms with Crippen molar-refractivity contribution in [2.24, 2.45) is 11.8 Å². The molecule has 1 aliphatic rings. The molecule has 2 atom stereocenters. The molecule has 0 saturated heterocycles. The molecule has 130 valence electrons. The van der Waals surface area contributed by atoms with Crippen LogP contribution in [0.2, 0.25) is 0 Å². The fourth-order valence-electron chi connectivity index (χ4n) is 2.63. The van der Waals surface area contributed by atoms with Crippen molar-refractivity contribution in [2.75, 3.05) is 12.4 Å². The minimum atomic E-state index is -0.489. The number of hydrogen-bond acceptors (Lipinski definition) is 3. The van der Waals surface area contributed by atoms with E-state index in [1.54, 1.807) is 19.2 Å². The summed E-state index contributed by atoms with van der Waals surface area (Å²) in [5, 5.41) is 5.36. The zero-order chi connectivity index (χ0) is 17.8. The zero-order valence-electron chi connectivity index (χ0n) is 13.8. The molecule has 2 unspecified atom stereocenters. The summed E-state index contributed by atoms with van der Waals surface area (Å²) in [6, 6.07) is 13.4. The SMILES string of the molecule is COc1ccc(CNC(=O)C2CC2C(=O)Nc2ccccc2F)cc1. The van der Waals surface area contributed by atoms with Gasteiger partial charge in [-0.2, -0.15) is 0 Å². The molecule has 2 N–H and O–H groups in total. The second-order valence-corrected chi connectivity index (χ2v) is 5.98. The highest BCUT2D eigenvalue weighted by Crippen LogP contribution is 2.39. The summed E-state index contributed by atoms with van der Waals surface area (Å²) in [4.78, 5) is 24.3. The lowest BCUT2D eigenvalue weighted by atomic mass is 10.2. The summed E-state index contributed by atoms with van der Waals surface area (Å²) < 4.78 is 18.6. The van der Waals surface area contributed by atoms with Gasteiger partial charge in [0.1, 0.15) is 11.6 Å². The van der Waals surface area contributed by atoms with Crippen LogP contribution in [0.15, 0.2) is 48.5 Å². The van der Waals surface area contributed by atoms with Gasteiger partial charge in [-0.15, -0.1) is 0 Å². The van der Waals surface area contributed by atoms with Crippen LogP contribution in [0, 0.1) is 17.7 Å².